The molecule has 0 unspecified atom stereocenters. The summed E-state index contributed by atoms with van der Waals surface area (Å²) in [5, 5.41) is 0. The monoisotopic (exact) mass is 342 g/mol. The molecular weight excluding hydrogens is 324 g/mol. The van der Waals surface area contributed by atoms with Crippen LogP contribution in [0.5, 0.6) is 0 Å². The van der Waals surface area contributed by atoms with E-state index in [0.29, 0.717) is 5.56 Å². The van der Waals surface area contributed by atoms with E-state index in [1.807, 2.05) is 0 Å². The van der Waals surface area contributed by atoms with Crippen molar-refractivity contribution >= 4 is 21.9 Å². The summed E-state index contributed by atoms with van der Waals surface area (Å²) in [5.74, 6) is -1.33. The van der Waals surface area contributed by atoms with Crippen LogP contribution in [-0.2, 0) is 24.3 Å². The van der Waals surface area contributed by atoms with Gasteiger partial charge in [0.25, 0.3) is 0 Å². The van der Waals surface area contributed by atoms with Crippen LogP contribution in [0.2, 0.25) is 0 Å². The third kappa shape index (κ3) is 3.36. The Labute approximate surface area is 134 Å². The predicted octanol–water partition coefficient (Wildman–Crippen LogP) is -0.344. The molecule has 0 saturated carbocycles. The molecule has 2 rings (SSSR count). The van der Waals surface area contributed by atoms with Gasteiger partial charge in [-0.15, -0.1) is 0 Å². The van der Waals surface area contributed by atoms with Gasteiger partial charge in [0, 0.05) is 13.1 Å². The number of rotatable bonds is 4. The van der Waals surface area contributed by atoms with Gasteiger partial charge in [-0.2, -0.15) is 4.31 Å². The molecule has 0 radical (unpaired) electrons. The molecule has 0 spiro atoms. The zero-order valence-electron chi connectivity index (χ0n) is 12.8. The quantitative estimate of drug-likeness (QED) is 0.748. The van der Waals surface area contributed by atoms with Gasteiger partial charge in [0.15, 0.2) is 0 Å². The molecule has 1 saturated heterocycles. The second-order valence-corrected chi connectivity index (χ2v) is 6.95. The maximum atomic E-state index is 12.8. The molecule has 1 amide bonds. The number of methoxy groups -OCH3 is 1. The number of primary amides is 1. The molecule has 0 aliphatic carbocycles. The highest BCUT2D eigenvalue weighted by Crippen LogP contribution is 2.24. The molecule has 1 aliphatic heterocycles. The predicted molar refractivity (Wildman–Crippen MR) is 80.2 cm³/mol. The van der Waals surface area contributed by atoms with E-state index in [-0.39, 0.29) is 30.2 Å². The second-order valence-electron chi connectivity index (χ2n) is 5.05. The smallest absolute Gasteiger partial charge is 0.338 e. The maximum absolute atomic E-state index is 12.8. The van der Waals surface area contributed by atoms with Crippen molar-refractivity contribution in [2.45, 2.75) is 17.9 Å². The number of hydrogen-bond donors (Lipinski definition) is 1. The van der Waals surface area contributed by atoms with Crippen LogP contribution < -0.4 is 5.73 Å². The Morgan fingerprint density at radius 1 is 1.39 bits per heavy atom. The topological polar surface area (TPSA) is 116 Å². The largest absolute Gasteiger partial charge is 0.465 e. The number of sulfonamides is 1. The Morgan fingerprint density at radius 2 is 2.09 bits per heavy atom. The average molecular weight is 342 g/mol. The van der Waals surface area contributed by atoms with E-state index in [2.05, 4.69) is 4.74 Å². The van der Waals surface area contributed by atoms with Gasteiger partial charge in [0.05, 0.1) is 24.2 Å². The summed E-state index contributed by atoms with van der Waals surface area (Å²) in [6, 6.07) is 4.37. The Balaban J connectivity index is 2.40. The summed E-state index contributed by atoms with van der Waals surface area (Å²) in [5.41, 5.74) is 5.64. The highest BCUT2D eigenvalue weighted by molar-refractivity contribution is 7.89. The average Bonchev–Trinajstić information content (AvgIpc) is 2.54. The molecule has 1 aliphatic rings. The Kier molecular flexibility index (Phi) is 5.03. The first-order valence-electron chi connectivity index (χ1n) is 6.88. The molecule has 8 nitrogen and oxygen atoms in total. The summed E-state index contributed by atoms with van der Waals surface area (Å²) in [4.78, 5) is 22.9. The minimum atomic E-state index is -3.89. The first kappa shape index (κ1) is 17.4. The minimum absolute atomic E-state index is 0.00878. The summed E-state index contributed by atoms with van der Waals surface area (Å²) in [6.45, 7) is 1.56. The Bertz CT molecular complexity index is 731. The number of ether oxygens (including phenoxy) is 2. The lowest BCUT2D eigenvalue weighted by molar-refractivity contribution is -0.132. The van der Waals surface area contributed by atoms with Crippen molar-refractivity contribution < 1.29 is 27.5 Å². The van der Waals surface area contributed by atoms with Crippen molar-refractivity contribution in [2.24, 2.45) is 5.73 Å². The number of carbonyl (C=O) groups excluding carboxylic acids is 2. The highest BCUT2D eigenvalue weighted by Gasteiger charge is 2.34. The van der Waals surface area contributed by atoms with E-state index in [9.17, 15) is 18.0 Å². The van der Waals surface area contributed by atoms with E-state index in [1.165, 1.54) is 32.2 Å². The van der Waals surface area contributed by atoms with Crippen molar-refractivity contribution in [3.8, 4) is 0 Å². The zero-order valence-corrected chi connectivity index (χ0v) is 13.6. The van der Waals surface area contributed by atoms with Crippen molar-refractivity contribution in [1.82, 2.24) is 4.31 Å². The molecule has 126 valence electrons. The van der Waals surface area contributed by atoms with Crippen LogP contribution in [0.4, 0.5) is 0 Å². The second kappa shape index (κ2) is 6.65. The van der Waals surface area contributed by atoms with E-state index in [1.54, 1.807) is 0 Å². The van der Waals surface area contributed by atoms with E-state index >= 15 is 0 Å². The van der Waals surface area contributed by atoms with Crippen LogP contribution in [0.25, 0.3) is 0 Å². The van der Waals surface area contributed by atoms with Gasteiger partial charge in [0.2, 0.25) is 15.9 Å². The fraction of sp³-hybridized carbons (Fsp3) is 0.429. The first-order chi connectivity index (χ1) is 10.8. The number of morpholine rings is 1. The van der Waals surface area contributed by atoms with Gasteiger partial charge < -0.3 is 15.2 Å². The SMILES string of the molecule is COC(=O)c1cccc(S(=O)(=O)N2CCO[C@H](C(N)=O)C2)c1C. The Morgan fingerprint density at radius 3 is 2.70 bits per heavy atom. The summed E-state index contributed by atoms with van der Waals surface area (Å²) in [7, 11) is -2.66. The minimum Gasteiger partial charge on any atom is -0.465 e. The van der Waals surface area contributed by atoms with Gasteiger partial charge in [-0.05, 0) is 24.6 Å². The van der Waals surface area contributed by atoms with Gasteiger partial charge in [-0.25, -0.2) is 13.2 Å². The number of esters is 1. The molecule has 2 N–H and O–H groups in total. The fourth-order valence-electron chi connectivity index (χ4n) is 2.38. The third-order valence-corrected chi connectivity index (χ3v) is 5.66. The van der Waals surface area contributed by atoms with Crippen molar-refractivity contribution in [3.63, 3.8) is 0 Å². The molecule has 0 bridgehead atoms. The molecule has 1 fully saturated rings. The van der Waals surface area contributed by atoms with Crippen molar-refractivity contribution in [2.75, 3.05) is 26.8 Å². The molecular formula is C14H18N2O6S. The van der Waals surface area contributed by atoms with Crippen LogP contribution in [-0.4, -0.2) is 57.5 Å². The molecule has 1 atom stereocenters. The zero-order chi connectivity index (χ0) is 17.2. The number of nitrogens with two attached hydrogens (primary N) is 1. The number of hydrogen-bond acceptors (Lipinski definition) is 6. The highest BCUT2D eigenvalue weighted by atomic mass is 32.2. The number of amides is 1. The fourth-order valence-corrected chi connectivity index (χ4v) is 4.05. The lowest BCUT2D eigenvalue weighted by Gasteiger charge is -2.31. The molecule has 1 aromatic rings. The number of nitrogens with zero attached hydrogens (tertiary/aromatic N) is 1. The molecule has 1 heterocycles. The van der Waals surface area contributed by atoms with E-state index < -0.39 is 28.0 Å². The molecule has 23 heavy (non-hydrogen) atoms. The van der Waals surface area contributed by atoms with Gasteiger partial charge in [-0.1, -0.05) is 6.07 Å². The summed E-state index contributed by atoms with van der Waals surface area (Å²) < 4.78 is 36.6. The summed E-state index contributed by atoms with van der Waals surface area (Å²) >= 11 is 0. The molecule has 0 aromatic heterocycles. The number of benzene rings is 1. The lowest BCUT2D eigenvalue weighted by atomic mass is 10.1. The van der Waals surface area contributed by atoms with Crippen molar-refractivity contribution in [3.05, 3.63) is 29.3 Å². The molecule has 1 aromatic carbocycles. The summed E-state index contributed by atoms with van der Waals surface area (Å²) in [6.07, 6.45) is -0.984. The van der Waals surface area contributed by atoms with Gasteiger partial charge in [0.1, 0.15) is 6.10 Å². The van der Waals surface area contributed by atoms with Crippen LogP contribution in [0, 0.1) is 6.92 Å². The molecule has 9 heteroatoms. The third-order valence-electron chi connectivity index (χ3n) is 3.65. The van der Waals surface area contributed by atoms with Crippen LogP contribution in [0.3, 0.4) is 0 Å². The van der Waals surface area contributed by atoms with Gasteiger partial charge in [-0.3, -0.25) is 4.79 Å². The standard InChI is InChI=1S/C14H18N2O6S/c1-9-10(14(18)21-2)4-3-5-12(9)23(19,20)16-6-7-22-11(8-16)13(15)17/h3-5,11H,6-8H2,1-2H3,(H2,15,17)/t11-/m0/s1. The first-order valence-corrected chi connectivity index (χ1v) is 8.32. The van der Waals surface area contributed by atoms with Crippen LogP contribution in [0.1, 0.15) is 15.9 Å². The number of carbonyl (C=O) groups is 2. The van der Waals surface area contributed by atoms with Gasteiger partial charge >= 0.3 is 5.97 Å². The van der Waals surface area contributed by atoms with Crippen molar-refractivity contribution in [1.29, 1.82) is 0 Å². The van der Waals surface area contributed by atoms with E-state index in [0.717, 1.165) is 4.31 Å². The lowest BCUT2D eigenvalue weighted by Crippen LogP contribution is -2.50. The van der Waals surface area contributed by atoms with Crippen LogP contribution >= 0.6 is 0 Å². The van der Waals surface area contributed by atoms with Crippen LogP contribution in [0.15, 0.2) is 23.1 Å². The maximum Gasteiger partial charge on any atom is 0.338 e. The van der Waals surface area contributed by atoms with E-state index in [4.69, 9.17) is 10.5 Å². The normalized spacial score (nSPS) is 19.3. The Hall–Kier alpha value is -1.97.